The SMILES string of the molecule is CNCc1ccc(S(=O)(=O)Nc2ccc(OC)c(Br)c2)o1. The van der Waals surface area contributed by atoms with Crippen LogP contribution < -0.4 is 14.8 Å². The zero-order valence-corrected chi connectivity index (χ0v) is 13.9. The van der Waals surface area contributed by atoms with Gasteiger partial charge in [0.25, 0.3) is 10.0 Å². The van der Waals surface area contributed by atoms with Crippen LogP contribution in [0.3, 0.4) is 0 Å². The lowest BCUT2D eigenvalue weighted by atomic mass is 10.3. The van der Waals surface area contributed by atoms with Crippen molar-refractivity contribution in [3.8, 4) is 5.75 Å². The number of ether oxygens (including phenoxy) is 1. The molecule has 0 radical (unpaired) electrons. The van der Waals surface area contributed by atoms with E-state index in [1.165, 1.54) is 13.2 Å². The van der Waals surface area contributed by atoms with Gasteiger partial charge in [-0.2, -0.15) is 8.42 Å². The van der Waals surface area contributed by atoms with E-state index in [-0.39, 0.29) is 5.09 Å². The predicted molar refractivity (Wildman–Crippen MR) is 83.0 cm³/mol. The van der Waals surface area contributed by atoms with Crippen LogP contribution >= 0.6 is 15.9 Å². The second-order valence-corrected chi connectivity index (χ2v) is 6.67. The maximum absolute atomic E-state index is 12.2. The summed E-state index contributed by atoms with van der Waals surface area (Å²) in [5.41, 5.74) is 0.411. The van der Waals surface area contributed by atoms with Gasteiger partial charge in [0.2, 0.25) is 5.09 Å². The Morgan fingerprint density at radius 2 is 2.05 bits per heavy atom. The summed E-state index contributed by atoms with van der Waals surface area (Å²) in [7, 11) is -0.462. The zero-order chi connectivity index (χ0) is 15.5. The number of hydrogen-bond acceptors (Lipinski definition) is 5. The van der Waals surface area contributed by atoms with Crippen LogP contribution in [-0.4, -0.2) is 22.6 Å². The highest BCUT2D eigenvalue weighted by atomic mass is 79.9. The van der Waals surface area contributed by atoms with Crippen molar-refractivity contribution in [1.82, 2.24) is 5.32 Å². The number of nitrogens with one attached hydrogen (secondary N) is 2. The Morgan fingerprint density at radius 1 is 1.29 bits per heavy atom. The lowest BCUT2D eigenvalue weighted by Gasteiger charge is -2.08. The van der Waals surface area contributed by atoms with E-state index in [0.29, 0.717) is 28.2 Å². The van der Waals surface area contributed by atoms with Gasteiger partial charge in [0.15, 0.2) is 0 Å². The number of rotatable bonds is 6. The molecule has 0 amide bonds. The zero-order valence-electron chi connectivity index (χ0n) is 11.5. The van der Waals surface area contributed by atoms with Crippen LogP contribution in [0.2, 0.25) is 0 Å². The molecule has 0 spiro atoms. The van der Waals surface area contributed by atoms with Gasteiger partial charge in [0.05, 0.1) is 23.8 Å². The van der Waals surface area contributed by atoms with Crippen molar-refractivity contribution in [2.45, 2.75) is 11.6 Å². The first kappa shape index (κ1) is 15.9. The molecular formula is C13H15BrN2O4S. The molecule has 0 unspecified atom stereocenters. The smallest absolute Gasteiger partial charge is 0.295 e. The Labute approximate surface area is 131 Å². The molecule has 114 valence electrons. The lowest BCUT2D eigenvalue weighted by molar-refractivity contribution is 0.408. The Balaban J connectivity index is 2.22. The van der Waals surface area contributed by atoms with Gasteiger partial charge in [-0.05, 0) is 53.3 Å². The number of sulfonamides is 1. The number of furan rings is 1. The van der Waals surface area contributed by atoms with Crippen LogP contribution in [0, 0.1) is 0 Å². The van der Waals surface area contributed by atoms with Crippen molar-refractivity contribution in [2.24, 2.45) is 0 Å². The van der Waals surface area contributed by atoms with Gasteiger partial charge < -0.3 is 14.5 Å². The molecule has 0 bridgehead atoms. The van der Waals surface area contributed by atoms with E-state index >= 15 is 0 Å². The third-order valence-corrected chi connectivity index (χ3v) is 4.53. The topological polar surface area (TPSA) is 80.6 Å². The Bertz CT molecular complexity index is 728. The lowest BCUT2D eigenvalue weighted by Crippen LogP contribution is -2.12. The van der Waals surface area contributed by atoms with Gasteiger partial charge in [0, 0.05) is 0 Å². The first-order valence-electron chi connectivity index (χ1n) is 6.06. The molecule has 0 aliphatic carbocycles. The standard InChI is InChI=1S/C13H15BrN2O4S/c1-15-8-10-4-6-13(20-10)21(17,18)16-9-3-5-12(19-2)11(14)7-9/h3-7,15-16H,8H2,1-2H3. The van der Waals surface area contributed by atoms with Gasteiger partial charge >= 0.3 is 0 Å². The van der Waals surface area contributed by atoms with Crippen LogP contribution in [0.1, 0.15) is 5.76 Å². The molecule has 1 aromatic heterocycles. The second kappa shape index (κ2) is 6.50. The summed E-state index contributed by atoms with van der Waals surface area (Å²) in [6.45, 7) is 0.462. The molecule has 8 heteroatoms. The summed E-state index contributed by atoms with van der Waals surface area (Å²) in [6.07, 6.45) is 0. The highest BCUT2D eigenvalue weighted by Crippen LogP contribution is 2.29. The average Bonchev–Trinajstić information content (AvgIpc) is 2.88. The molecule has 0 aliphatic heterocycles. The molecule has 2 N–H and O–H groups in total. The maximum atomic E-state index is 12.2. The van der Waals surface area contributed by atoms with E-state index in [2.05, 4.69) is 26.0 Å². The molecule has 0 fully saturated rings. The molecule has 1 heterocycles. The summed E-state index contributed by atoms with van der Waals surface area (Å²) in [4.78, 5) is 0. The van der Waals surface area contributed by atoms with Crippen molar-refractivity contribution in [1.29, 1.82) is 0 Å². The molecular weight excluding hydrogens is 360 g/mol. The summed E-state index contributed by atoms with van der Waals surface area (Å²) in [6, 6.07) is 7.94. The first-order chi connectivity index (χ1) is 9.96. The molecule has 0 atom stereocenters. The van der Waals surface area contributed by atoms with Crippen LogP contribution in [0.15, 0.2) is 44.3 Å². The minimum Gasteiger partial charge on any atom is -0.496 e. The Hall–Kier alpha value is -1.51. The van der Waals surface area contributed by atoms with Crippen molar-refractivity contribution in [3.63, 3.8) is 0 Å². The van der Waals surface area contributed by atoms with Gasteiger partial charge in [0.1, 0.15) is 11.5 Å². The minimum atomic E-state index is -3.75. The number of anilines is 1. The van der Waals surface area contributed by atoms with E-state index in [9.17, 15) is 8.42 Å². The molecule has 0 aliphatic rings. The molecule has 6 nitrogen and oxygen atoms in total. The maximum Gasteiger partial charge on any atom is 0.295 e. The molecule has 21 heavy (non-hydrogen) atoms. The van der Waals surface area contributed by atoms with E-state index in [1.54, 1.807) is 31.3 Å². The third-order valence-electron chi connectivity index (χ3n) is 2.66. The predicted octanol–water partition coefficient (Wildman–Crippen LogP) is 2.57. The number of benzene rings is 1. The molecule has 0 saturated carbocycles. The average molecular weight is 375 g/mol. The van der Waals surface area contributed by atoms with Crippen LogP contribution in [-0.2, 0) is 16.6 Å². The van der Waals surface area contributed by atoms with E-state index < -0.39 is 10.0 Å². The van der Waals surface area contributed by atoms with Crippen molar-refractivity contribution < 1.29 is 17.6 Å². The molecule has 2 rings (SSSR count). The second-order valence-electron chi connectivity index (χ2n) is 4.21. The summed E-state index contributed by atoms with van der Waals surface area (Å²) >= 11 is 3.30. The number of hydrogen-bond donors (Lipinski definition) is 2. The van der Waals surface area contributed by atoms with Crippen LogP contribution in [0.4, 0.5) is 5.69 Å². The fourth-order valence-electron chi connectivity index (χ4n) is 1.71. The quantitative estimate of drug-likeness (QED) is 0.811. The van der Waals surface area contributed by atoms with Crippen LogP contribution in [0.25, 0.3) is 0 Å². The third kappa shape index (κ3) is 3.78. The fourth-order valence-corrected chi connectivity index (χ4v) is 3.25. The fraction of sp³-hybridized carbons (Fsp3) is 0.231. The molecule has 2 aromatic rings. The van der Waals surface area contributed by atoms with E-state index in [0.717, 1.165) is 0 Å². The van der Waals surface area contributed by atoms with Gasteiger partial charge in [-0.25, -0.2) is 0 Å². The first-order valence-corrected chi connectivity index (χ1v) is 8.33. The summed E-state index contributed by atoms with van der Waals surface area (Å²) in [5.74, 6) is 1.17. The minimum absolute atomic E-state index is 0.125. The van der Waals surface area contributed by atoms with E-state index in [4.69, 9.17) is 9.15 Å². The highest BCUT2D eigenvalue weighted by Gasteiger charge is 2.19. The normalized spacial score (nSPS) is 11.4. The summed E-state index contributed by atoms with van der Waals surface area (Å²) < 4.78 is 37.9. The largest absolute Gasteiger partial charge is 0.496 e. The van der Waals surface area contributed by atoms with Crippen molar-refractivity contribution >= 4 is 31.6 Å². The van der Waals surface area contributed by atoms with Gasteiger partial charge in [-0.3, -0.25) is 4.72 Å². The van der Waals surface area contributed by atoms with Crippen molar-refractivity contribution in [3.05, 3.63) is 40.6 Å². The van der Waals surface area contributed by atoms with Crippen molar-refractivity contribution in [2.75, 3.05) is 18.9 Å². The van der Waals surface area contributed by atoms with Gasteiger partial charge in [-0.1, -0.05) is 0 Å². The Morgan fingerprint density at radius 3 is 2.67 bits per heavy atom. The van der Waals surface area contributed by atoms with Crippen LogP contribution in [0.5, 0.6) is 5.75 Å². The van der Waals surface area contributed by atoms with E-state index in [1.807, 2.05) is 0 Å². The summed E-state index contributed by atoms with van der Waals surface area (Å²) in [5, 5.41) is 2.76. The molecule has 1 aromatic carbocycles. The monoisotopic (exact) mass is 374 g/mol. The molecule has 0 saturated heterocycles. The number of halogens is 1. The van der Waals surface area contributed by atoms with Gasteiger partial charge in [-0.15, -0.1) is 0 Å². The highest BCUT2D eigenvalue weighted by molar-refractivity contribution is 9.10. The Kier molecular flexibility index (Phi) is 4.92. The number of methoxy groups -OCH3 is 1.